The third-order valence-electron chi connectivity index (χ3n) is 3.45. The molecule has 1 N–H and O–H groups in total. The summed E-state index contributed by atoms with van der Waals surface area (Å²) in [6.07, 6.45) is 2.62. The highest BCUT2D eigenvalue weighted by molar-refractivity contribution is 5.81. The lowest BCUT2D eigenvalue weighted by Crippen LogP contribution is -2.17. The van der Waals surface area contributed by atoms with E-state index in [0.29, 0.717) is 0 Å². The quantitative estimate of drug-likeness (QED) is 0.700. The summed E-state index contributed by atoms with van der Waals surface area (Å²) >= 11 is 0. The molecule has 3 aromatic rings. The Morgan fingerprint density at radius 3 is 2.90 bits per heavy atom. The lowest BCUT2D eigenvalue weighted by atomic mass is 10.2. The van der Waals surface area contributed by atoms with Gasteiger partial charge in [-0.2, -0.15) is 5.10 Å². The molecular formula is C16H19N3O. The van der Waals surface area contributed by atoms with Crippen LogP contribution >= 0.6 is 0 Å². The maximum atomic E-state index is 5.32. The van der Waals surface area contributed by atoms with Crippen LogP contribution in [0.1, 0.15) is 18.4 Å². The summed E-state index contributed by atoms with van der Waals surface area (Å²) in [4.78, 5) is 0. The van der Waals surface area contributed by atoms with Crippen LogP contribution in [0.25, 0.3) is 10.9 Å². The fourth-order valence-corrected chi connectivity index (χ4v) is 2.44. The molecule has 0 spiro atoms. The van der Waals surface area contributed by atoms with Gasteiger partial charge in [-0.15, -0.1) is 0 Å². The van der Waals surface area contributed by atoms with Gasteiger partial charge in [-0.05, 0) is 25.1 Å². The highest BCUT2D eigenvalue weighted by atomic mass is 16.3. The maximum Gasteiger partial charge on any atom is 0.105 e. The highest BCUT2D eigenvalue weighted by Crippen LogP contribution is 2.18. The van der Waals surface area contributed by atoms with Crippen molar-refractivity contribution in [1.82, 2.24) is 15.1 Å². The van der Waals surface area contributed by atoms with Gasteiger partial charge in [0.15, 0.2) is 0 Å². The van der Waals surface area contributed by atoms with E-state index in [2.05, 4.69) is 46.3 Å². The van der Waals surface area contributed by atoms with Crippen LogP contribution < -0.4 is 5.32 Å². The van der Waals surface area contributed by atoms with Crippen LogP contribution in [-0.2, 0) is 19.5 Å². The molecule has 1 aromatic carbocycles. The van der Waals surface area contributed by atoms with Crippen molar-refractivity contribution < 1.29 is 4.42 Å². The molecule has 0 bridgehead atoms. The largest absolute Gasteiger partial charge is 0.469 e. The van der Waals surface area contributed by atoms with Gasteiger partial charge in [-0.3, -0.25) is 4.68 Å². The Morgan fingerprint density at radius 1 is 1.20 bits per heavy atom. The van der Waals surface area contributed by atoms with Crippen molar-refractivity contribution in [2.75, 3.05) is 6.54 Å². The Morgan fingerprint density at radius 2 is 2.10 bits per heavy atom. The number of hydrogen-bond donors (Lipinski definition) is 1. The van der Waals surface area contributed by atoms with Crippen molar-refractivity contribution in [3.63, 3.8) is 0 Å². The first-order chi connectivity index (χ1) is 9.88. The van der Waals surface area contributed by atoms with Crippen LogP contribution in [0.2, 0.25) is 0 Å². The first kappa shape index (κ1) is 12.9. The Balaban J connectivity index is 1.65. The Bertz CT molecular complexity index is 670. The van der Waals surface area contributed by atoms with E-state index >= 15 is 0 Å². The topological polar surface area (TPSA) is 43.0 Å². The number of aryl methyl sites for hydroxylation is 1. The van der Waals surface area contributed by atoms with Crippen molar-refractivity contribution in [2.24, 2.45) is 0 Å². The molecule has 0 atom stereocenters. The molecule has 0 fully saturated rings. The second kappa shape index (κ2) is 5.92. The number of hydrogen-bond acceptors (Lipinski definition) is 3. The minimum Gasteiger partial charge on any atom is -0.469 e. The first-order valence-electron chi connectivity index (χ1n) is 7.06. The van der Waals surface area contributed by atoms with Crippen LogP contribution in [0.3, 0.4) is 0 Å². The smallest absolute Gasteiger partial charge is 0.105 e. The third-order valence-corrected chi connectivity index (χ3v) is 3.45. The van der Waals surface area contributed by atoms with Gasteiger partial charge in [-0.1, -0.05) is 18.2 Å². The minimum atomic E-state index is 0.786. The Hall–Kier alpha value is -2.07. The molecule has 104 valence electrons. The molecular weight excluding hydrogens is 250 g/mol. The third kappa shape index (κ3) is 2.60. The summed E-state index contributed by atoms with van der Waals surface area (Å²) in [5.41, 5.74) is 2.32. The normalized spacial score (nSPS) is 11.2. The molecule has 0 amide bonds. The predicted octanol–water partition coefficient (Wildman–Crippen LogP) is 2.98. The molecule has 0 aliphatic rings. The Labute approximate surface area is 118 Å². The van der Waals surface area contributed by atoms with E-state index in [1.807, 2.05) is 12.1 Å². The molecule has 0 aliphatic heterocycles. The van der Waals surface area contributed by atoms with E-state index in [4.69, 9.17) is 4.42 Å². The van der Waals surface area contributed by atoms with Crippen LogP contribution in [-0.4, -0.2) is 16.3 Å². The zero-order chi connectivity index (χ0) is 13.8. The standard InChI is InChI=1S/C16H19N3O/c1-2-19-16-8-4-3-7-14(16)15(18-19)12-17-10-9-13-6-5-11-20-13/h3-8,11,17H,2,9-10,12H2,1H3. The van der Waals surface area contributed by atoms with E-state index in [1.165, 1.54) is 10.9 Å². The SMILES string of the molecule is CCn1nc(CNCCc2ccco2)c2ccccc21. The van der Waals surface area contributed by atoms with Gasteiger partial charge in [-0.25, -0.2) is 0 Å². The number of fused-ring (bicyclic) bond motifs is 1. The fourth-order valence-electron chi connectivity index (χ4n) is 2.44. The van der Waals surface area contributed by atoms with E-state index in [1.54, 1.807) is 6.26 Å². The second-order valence-corrected chi connectivity index (χ2v) is 4.79. The number of furan rings is 1. The molecule has 0 saturated heterocycles. The second-order valence-electron chi connectivity index (χ2n) is 4.79. The number of benzene rings is 1. The summed E-state index contributed by atoms with van der Waals surface area (Å²) in [7, 11) is 0. The van der Waals surface area contributed by atoms with Gasteiger partial charge in [0.1, 0.15) is 5.76 Å². The predicted molar refractivity (Wildman–Crippen MR) is 79.5 cm³/mol. The van der Waals surface area contributed by atoms with E-state index in [-0.39, 0.29) is 0 Å². The van der Waals surface area contributed by atoms with Crippen molar-refractivity contribution in [3.05, 3.63) is 54.1 Å². The van der Waals surface area contributed by atoms with Crippen molar-refractivity contribution in [3.8, 4) is 0 Å². The van der Waals surface area contributed by atoms with Gasteiger partial charge in [0.25, 0.3) is 0 Å². The molecule has 2 aromatic heterocycles. The summed E-state index contributed by atoms with van der Waals surface area (Å²) in [5, 5.41) is 9.34. The summed E-state index contributed by atoms with van der Waals surface area (Å²) in [5.74, 6) is 1.02. The molecule has 2 heterocycles. The highest BCUT2D eigenvalue weighted by Gasteiger charge is 2.08. The van der Waals surface area contributed by atoms with Gasteiger partial charge in [0.2, 0.25) is 0 Å². The molecule has 0 saturated carbocycles. The van der Waals surface area contributed by atoms with E-state index < -0.39 is 0 Å². The average molecular weight is 269 g/mol. The van der Waals surface area contributed by atoms with Gasteiger partial charge in [0, 0.05) is 31.4 Å². The zero-order valence-electron chi connectivity index (χ0n) is 11.7. The van der Waals surface area contributed by atoms with Gasteiger partial charge >= 0.3 is 0 Å². The number of nitrogens with one attached hydrogen (secondary N) is 1. The molecule has 4 heteroatoms. The molecule has 0 unspecified atom stereocenters. The fraction of sp³-hybridized carbons (Fsp3) is 0.312. The lowest BCUT2D eigenvalue weighted by Gasteiger charge is -2.01. The number of nitrogens with zero attached hydrogens (tertiary/aromatic N) is 2. The number of aromatic nitrogens is 2. The van der Waals surface area contributed by atoms with Crippen molar-refractivity contribution in [2.45, 2.75) is 26.4 Å². The molecule has 4 nitrogen and oxygen atoms in total. The molecule has 0 aliphatic carbocycles. The average Bonchev–Trinajstić information content (AvgIpc) is 3.11. The molecule has 20 heavy (non-hydrogen) atoms. The summed E-state index contributed by atoms with van der Waals surface area (Å²) in [6, 6.07) is 12.3. The van der Waals surface area contributed by atoms with Crippen molar-refractivity contribution >= 4 is 10.9 Å². The number of rotatable bonds is 6. The monoisotopic (exact) mass is 269 g/mol. The molecule has 0 radical (unpaired) electrons. The van der Waals surface area contributed by atoms with Crippen LogP contribution in [0.5, 0.6) is 0 Å². The van der Waals surface area contributed by atoms with E-state index in [9.17, 15) is 0 Å². The van der Waals surface area contributed by atoms with Crippen LogP contribution in [0, 0.1) is 0 Å². The first-order valence-corrected chi connectivity index (χ1v) is 7.06. The zero-order valence-corrected chi connectivity index (χ0v) is 11.7. The lowest BCUT2D eigenvalue weighted by molar-refractivity contribution is 0.498. The van der Waals surface area contributed by atoms with Crippen molar-refractivity contribution in [1.29, 1.82) is 0 Å². The summed E-state index contributed by atoms with van der Waals surface area (Å²) < 4.78 is 7.37. The Kier molecular flexibility index (Phi) is 3.83. The number of para-hydroxylation sites is 1. The molecule has 3 rings (SSSR count). The van der Waals surface area contributed by atoms with Crippen LogP contribution in [0.15, 0.2) is 47.1 Å². The van der Waals surface area contributed by atoms with Gasteiger partial charge in [0.05, 0.1) is 17.5 Å². The minimum absolute atomic E-state index is 0.786. The van der Waals surface area contributed by atoms with Gasteiger partial charge < -0.3 is 9.73 Å². The maximum absolute atomic E-state index is 5.32. The van der Waals surface area contributed by atoms with Crippen LogP contribution in [0.4, 0.5) is 0 Å². The van der Waals surface area contributed by atoms with E-state index in [0.717, 1.165) is 37.5 Å². The summed E-state index contributed by atoms with van der Waals surface area (Å²) in [6.45, 7) is 4.69.